The number of aromatic amines is 1. The van der Waals surface area contributed by atoms with E-state index in [1.807, 2.05) is 18.7 Å². The van der Waals surface area contributed by atoms with Crippen molar-refractivity contribution in [3.05, 3.63) is 53.6 Å². The number of anilines is 1. The number of nitrogens with zero attached hydrogens (tertiary/aromatic N) is 2. The molecule has 130 valence electrons. The molecule has 0 atom stereocenters. The van der Waals surface area contributed by atoms with E-state index in [2.05, 4.69) is 9.98 Å². The normalized spacial score (nSPS) is 11.5. The number of rotatable bonds is 5. The van der Waals surface area contributed by atoms with Crippen LogP contribution in [0.2, 0.25) is 0 Å². The van der Waals surface area contributed by atoms with Crippen LogP contribution in [0.5, 0.6) is 5.88 Å². The average molecular weight is 343 g/mol. The number of benzene rings is 2. The summed E-state index contributed by atoms with van der Waals surface area (Å²) in [5, 5.41) is 10.5. The number of fused-ring (bicyclic) bond motifs is 1. The van der Waals surface area contributed by atoms with Crippen LogP contribution < -0.4 is 4.90 Å². The molecular formula is C19H19F2N3O. The summed E-state index contributed by atoms with van der Waals surface area (Å²) in [5.74, 6) is -0.868. The van der Waals surface area contributed by atoms with Crippen LogP contribution in [-0.4, -0.2) is 29.4 Å². The lowest BCUT2D eigenvalue weighted by Gasteiger charge is -2.21. The van der Waals surface area contributed by atoms with Gasteiger partial charge < -0.3 is 15.0 Å². The molecule has 3 aromatic rings. The van der Waals surface area contributed by atoms with Crippen LogP contribution in [0.4, 0.5) is 20.2 Å². The summed E-state index contributed by atoms with van der Waals surface area (Å²) in [5.41, 5.74) is 1.91. The second kappa shape index (κ2) is 6.93. The van der Waals surface area contributed by atoms with Gasteiger partial charge in [-0.1, -0.05) is 0 Å². The molecule has 0 saturated heterocycles. The Hall–Kier alpha value is -2.89. The highest BCUT2D eigenvalue weighted by Crippen LogP contribution is 2.28. The Labute approximate surface area is 144 Å². The molecule has 3 rings (SSSR count). The van der Waals surface area contributed by atoms with Gasteiger partial charge in [-0.2, -0.15) is 0 Å². The third-order valence-corrected chi connectivity index (χ3v) is 4.16. The second-order valence-electron chi connectivity index (χ2n) is 5.64. The Balaban J connectivity index is 1.94. The fourth-order valence-corrected chi connectivity index (χ4v) is 2.84. The minimum Gasteiger partial charge on any atom is -0.494 e. The Kier molecular flexibility index (Phi) is 4.70. The highest BCUT2D eigenvalue weighted by molar-refractivity contribution is 6.02. The van der Waals surface area contributed by atoms with E-state index >= 15 is 0 Å². The molecule has 0 amide bonds. The van der Waals surface area contributed by atoms with Gasteiger partial charge in [-0.25, -0.2) is 8.78 Å². The third kappa shape index (κ3) is 3.33. The lowest BCUT2D eigenvalue weighted by atomic mass is 10.2. The molecule has 1 aromatic heterocycles. The molecule has 2 aromatic carbocycles. The Morgan fingerprint density at radius 3 is 2.56 bits per heavy atom. The van der Waals surface area contributed by atoms with Crippen LogP contribution in [0.3, 0.4) is 0 Å². The van der Waals surface area contributed by atoms with Crippen molar-refractivity contribution in [2.75, 3.05) is 18.0 Å². The summed E-state index contributed by atoms with van der Waals surface area (Å²) >= 11 is 0. The van der Waals surface area contributed by atoms with Gasteiger partial charge in [0.25, 0.3) is 0 Å². The van der Waals surface area contributed by atoms with Crippen LogP contribution >= 0.6 is 0 Å². The van der Waals surface area contributed by atoms with Gasteiger partial charge in [0, 0.05) is 36.3 Å². The van der Waals surface area contributed by atoms with Gasteiger partial charge in [-0.05, 0) is 44.2 Å². The topological polar surface area (TPSA) is 51.6 Å². The first-order valence-corrected chi connectivity index (χ1v) is 8.12. The molecule has 4 nitrogen and oxygen atoms in total. The van der Waals surface area contributed by atoms with Gasteiger partial charge in [0.15, 0.2) is 5.88 Å². The number of halogens is 2. The molecule has 25 heavy (non-hydrogen) atoms. The van der Waals surface area contributed by atoms with E-state index in [1.165, 1.54) is 24.4 Å². The SMILES string of the molecule is CCN(CC)c1ccc(N=Cc2c(O)[nH]c3ccc(F)cc23)cc1F. The maximum Gasteiger partial charge on any atom is 0.198 e. The standard InChI is InChI=1S/C19H19F2N3O/c1-3-24(4-2)18-8-6-13(10-16(18)21)22-11-15-14-9-12(20)5-7-17(14)23-19(15)25/h5-11,23,25H,3-4H2,1-2H3. The minimum atomic E-state index is -0.407. The van der Waals surface area contributed by atoms with E-state index in [0.717, 1.165) is 0 Å². The highest BCUT2D eigenvalue weighted by Gasteiger charge is 2.11. The predicted octanol–water partition coefficient (Wildman–Crippen LogP) is 4.75. The van der Waals surface area contributed by atoms with E-state index in [0.29, 0.717) is 40.9 Å². The van der Waals surface area contributed by atoms with E-state index in [4.69, 9.17) is 0 Å². The predicted molar refractivity (Wildman–Crippen MR) is 97.1 cm³/mol. The van der Waals surface area contributed by atoms with Crippen molar-refractivity contribution in [3.63, 3.8) is 0 Å². The van der Waals surface area contributed by atoms with E-state index in [1.54, 1.807) is 18.2 Å². The van der Waals surface area contributed by atoms with Gasteiger partial charge in [-0.3, -0.25) is 4.99 Å². The molecule has 0 spiro atoms. The molecule has 1 heterocycles. The summed E-state index contributed by atoms with van der Waals surface area (Å²) in [6.07, 6.45) is 1.40. The van der Waals surface area contributed by atoms with Crippen LogP contribution in [0, 0.1) is 11.6 Å². The zero-order valence-corrected chi connectivity index (χ0v) is 14.1. The fraction of sp³-hybridized carbons (Fsp3) is 0.211. The number of aromatic nitrogens is 1. The van der Waals surface area contributed by atoms with E-state index < -0.39 is 5.82 Å². The van der Waals surface area contributed by atoms with Crippen LogP contribution in [0.1, 0.15) is 19.4 Å². The Bertz CT molecular complexity index is 930. The molecule has 0 unspecified atom stereocenters. The van der Waals surface area contributed by atoms with Gasteiger partial charge in [0.05, 0.1) is 16.9 Å². The van der Waals surface area contributed by atoms with E-state index in [9.17, 15) is 13.9 Å². The molecule has 0 saturated carbocycles. The van der Waals surface area contributed by atoms with Crippen molar-refractivity contribution in [2.24, 2.45) is 4.99 Å². The molecule has 0 radical (unpaired) electrons. The Morgan fingerprint density at radius 2 is 1.88 bits per heavy atom. The number of aromatic hydroxyl groups is 1. The van der Waals surface area contributed by atoms with Gasteiger partial charge in [0.1, 0.15) is 11.6 Å². The maximum absolute atomic E-state index is 14.3. The van der Waals surface area contributed by atoms with Crippen molar-refractivity contribution >= 4 is 28.5 Å². The highest BCUT2D eigenvalue weighted by atomic mass is 19.1. The van der Waals surface area contributed by atoms with E-state index in [-0.39, 0.29) is 11.7 Å². The van der Waals surface area contributed by atoms with Gasteiger partial charge in [-0.15, -0.1) is 0 Å². The first-order chi connectivity index (χ1) is 12.0. The third-order valence-electron chi connectivity index (χ3n) is 4.16. The maximum atomic E-state index is 14.3. The number of hydrogen-bond acceptors (Lipinski definition) is 3. The summed E-state index contributed by atoms with van der Waals surface area (Å²) in [6, 6.07) is 8.90. The number of aliphatic imine (C=N–C) groups is 1. The fourth-order valence-electron chi connectivity index (χ4n) is 2.84. The van der Waals surface area contributed by atoms with Crippen LogP contribution in [0.15, 0.2) is 41.4 Å². The number of hydrogen-bond donors (Lipinski definition) is 2. The van der Waals surface area contributed by atoms with Crippen LogP contribution in [0.25, 0.3) is 10.9 Å². The molecule has 0 aliphatic heterocycles. The quantitative estimate of drug-likeness (QED) is 0.657. The van der Waals surface area contributed by atoms with Crippen molar-refractivity contribution in [2.45, 2.75) is 13.8 Å². The van der Waals surface area contributed by atoms with Crippen molar-refractivity contribution < 1.29 is 13.9 Å². The molecular weight excluding hydrogens is 324 g/mol. The zero-order chi connectivity index (χ0) is 18.0. The molecule has 0 aliphatic carbocycles. The van der Waals surface area contributed by atoms with Crippen LogP contribution in [-0.2, 0) is 0 Å². The van der Waals surface area contributed by atoms with Gasteiger partial charge in [0.2, 0.25) is 0 Å². The summed E-state index contributed by atoms with van der Waals surface area (Å²) in [6.45, 7) is 5.36. The number of nitrogens with one attached hydrogen (secondary N) is 1. The van der Waals surface area contributed by atoms with Crippen molar-refractivity contribution in [3.8, 4) is 5.88 Å². The average Bonchev–Trinajstić information content (AvgIpc) is 2.90. The molecule has 6 heteroatoms. The minimum absolute atomic E-state index is 0.107. The lowest BCUT2D eigenvalue weighted by Crippen LogP contribution is -2.22. The monoisotopic (exact) mass is 343 g/mol. The zero-order valence-electron chi connectivity index (χ0n) is 14.1. The summed E-state index contributed by atoms with van der Waals surface area (Å²) in [4.78, 5) is 8.89. The van der Waals surface area contributed by atoms with Gasteiger partial charge >= 0.3 is 0 Å². The summed E-state index contributed by atoms with van der Waals surface area (Å²) < 4.78 is 27.7. The van der Waals surface area contributed by atoms with Crippen molar-refractivity contribution in [1.82, 2.24) is 4.98 Å². The first-order valence-electron chi connectivity index (χ1n) is 8.12. The lowest BCUT2D eigenvalue weighted by molar-refractivity contribution is 0.457. The molecule has 2 N–H and O–H groups in total. The summed E-state index contributed by atoms with van der Waals surface area (Å²) in [7, 11) is 0. The Morgan fingerprint density at radius 1 is 1.12 bits per heavy atom. The molecule has 0 bridgehead atoms. The van der Waals surface area contributed by atoms with Crippen molar-refractivity contribution in [1.29, 1.82) is 0 Å². The molecule has 0 aliphatic rings. The second-order valence-corrected chi connectivity index (χ2v) is 5.64. The first kappa shape index (κ1) is 17.0. The smallest absolute Gasteiger partial charge is 0.198 e. The number of H-pyrrole nitrogens is 1. The molecule has 0 fully saturated rings. The largest absolute Gasteiger partial charge is 0.494 e.